The molecule has 0 spiro atoms. The molecule has 0 saturated carbocycles. The molecule has 6 aromatic rings. The van der Waals surface area contributed by atoms with E-state index < -0.39 is 20.0 Å². The number of sulfonamides is 2. The van der Waals surface area contributed by atoms with Gasteiger partial charge in [0.2, 0.25) is 20.0 Å². The monoisotopic (exact) mass is 954 g/mol. The molecule has 0 aliphatic carbocycles. The molecule has 4 N–H and O–H groups in total. The van der Waals surface area contributed by atoms with Crippen LogP contribution < -0.4 is 9.44 Å². The van der Waals surface area contributed by atoms with E-state index in [1.165, 1.54) is 51.2 Å². The molecule has 328 valence electrons. The second-order valence-electron chi connectivity index (χ2n) is 15.5. The van der Waals surface area contributed by atoms with Gasteiger partial charge in [0, 0.05) is 105 Å². The summed E-state index contributed by atoms with van der Waals surface area (Å²) in [5.74, 6) is 0. The molecule has 0 atom stereocenters. The van der Waals surface area contributed by atoms with E-state index in [0.29, 0.717) is 23.1 Å². The number of aromatic amines is 2. The Morgan fingerprint density at radius 2 is 1.00 bits per heavy atom. The van der Waals surface area contributed by atoms with Crippen LogP contribution in [0.1, 0.15) is 49.7 Å². The fourth-order valence-electron chi connectivity index (χ4n) is 7.78. The molecule has 62 heavy (non-hydrogen) atoms. The minimum atomic E-state index is -3.51. The lowest BCUT2D eigenvalue weighted by atomic mass is 9.99. The maximum Gasteiger partial charge on any atom is 0.240 e. The van der Waals surface area contributed by atoms with Gasteiger partial charge in [0.1, 0.15) is 0 Å². The number of fused-ring (bicyclic) bond motifs is 2. The number of nitrogens with one attached hydrogen (secondary N) is 4. The van der Waals surface area contributed by atoms with Crippen molar-refractivity contribution in [1.29, 1.82) is 0 Å². The van der Waals surface area contributed by atoms with Crippen molar-refractivity contribution in [3.8, 4) is 0 Å². The lowest BCUT2D eigenvalue weighted by Crippen LogP contribution is -2.30. The van der Waals surface area contributed by atoms with Gasteiger partial charge in [-0.2, -0.15) is 0 Å². The third kappa shape index (κ3) is 12.3. The fraction of sp³-hybridized carbons (Fsp3) is 0.304. The number of H-pyrrole nitrogens is 2. The van der Waals surface area contributed by atoms with Crippen LogP contribution in [0.15, 0.2) is 119 Å². The van der Waals surface area contributed by atoms with Crippen molar-refractivity contribution in [2.45, 2.75) is 48.3 Å². The Labute approximate surface area is 384 Å². The maximum atomic E-state index is 12.3. The van der Waals surface area contributed by atoms with Crippen LogP contribution in [0.5, 0.6) is 0 Å². The summed E-state index contributed by atoms with van der Waals surface area (Å²) in [6.07, 6.45) is 14.1. The largest absolute Gasteiger partial charge is 0.361 e. The van der Waals surface area contributed by atoms with Gasteiger partial charge in [-0.25, -0.2) is 26.3 Å². The number of benzene rings is 4. The molecular formula is C46H50Cl4N6O4S2. The third-order valence-corrected chi connectivity index (χ3v) is 15.1. The zero-order valence-corrected chi connectivity index (χ0v) is 38.8. The molecule has 0 saturated heterocycles. The summed E-state index contributed by atoms with van der Waals surface area (Å²) in [6, 6.07) is 24.4. The molecule has 2 aliphatic rings. The van der Waals surface area contributed by atoms with Gasteiger partial charge in [0.05, 0.1) is 9.79 Å². The van der Waals surface area contributed by atoms with Crippen molar-refractivity contribution in [2.75, 3.05) is 52.4 Å². The van der Waals surface area contributed by atoms with E-state index in [4.69, 9.17) is 46.4 Å². The van der Waals surface area contributed by atoms with E-state index >= 15 is 0 Å². The van der Waals surface area contributed by atoms with E-state index in [9.17, 15) is 16.8 Å². The molecular weight excluding hydrogens is 906 g/mol. The van der Waals surface area contributed by atoms with Crippen molar-refractivity contribution < 1.29 is 16.8 Å². The van der Waals surface area contributed by atoms with Crippen LogP contribution in [0.3, 0.4) is 0 Å². The average molecular weight is 957 g/mol. The van der Waals surface area contributed by atoms with Gasteiger partial charge in [-0.3, -0.25) is 9.80 Å². The smallest absolute Gasteiger partial charge is 0.240 e. The van der Waals surface area contributed by atoms with E-state index in [1.54, 1.807) is 30.3 Å². The van der Waals surface area contributed by atoms with E-state index in [1.807, 2.05) is 36.4 Å². The summed E-state index contributed by atoms with van der Waals surface area (Å²) in [4.78, 5) is 11.9. The topological polar surface area (TPSA) is 130 Å². The number of halogens is 4. The van der Waals surface area contributed by atoms with Gasteiger partial charge >= 0.3 is 0 Å². The zero-order valence-electron chi connectivity index (χ0n) is 34.1. The highest BCUT2D eigenvalue weighted by Gasteiger charge is 2.19. The summed E-state index contributed by atoms with van der Waals surface area (Å²) in [5.41, 5.74) is 7.35. The quantitative estimate of drug-likeness (QED) is 0.0715. The lowest BCUT2D eigenvalue weighted by molar-refractivity contribution is 0.295. The number of hydrogen-bond donors (Lipinski definition) is 4. The molecule has 0 radical (unpaired) electrons. The van der Waals surface area contributed by atoms with Crippen LogP contribution in [-0.4, -0.2) is 89.0 Å². The van der Waals surface area contributed by atoms with Gasteiger partial charge in [-0.15, -0.1) is 0 Å². The maximum absolute atomic E-state index is 12.3. The Morgan fingerprint density at radius 1 is 0.532 bits per heavy atom. The minimum Gasteiger partial charge on any atom is -0.361 e. The van der Waals surface area contributed by atoms with Crippen molar-refractivity contribution in [3.63, 3.8) is 0 Å². The number of unbranched alkanes of at least 4 members (excludes halogenated alkanes) is 2. The van der Waals surface area contributed by atoms with Crippen LogP contribution in [0, 0.1) is 0 Å². The van der Waals surface area contributed by atoms with E-state index in [0.717, 1.165) is 98.9 Å². The van der Waals surface area contributed by atoms with Gasteiger partial charge in [0.15, 0.2) is 0 Å². The number of hydrogen-bond acceptors (Lipinski definition) is 6. The fourth-order valence-corrected chi connectivity index (χ4v) is 10.7. The summed E-state index contributed by atoms with van der Waals surface area (Å²) in [7, 11) is -6.99. The summed E-state index contributed by atoms with van der Waals surface area (Å²) in [6.45, 7) is 6.53. The molecule has 4 heterocycles. The predicted octanol–water partition coefficient (Wildman–Crippen LogP) is 10.6. The second-order valence-corrected chi connectivity index (χ2v) is 20.7. The molecule has 0 bridgehead atoms. The van der Waals surface area contributed by atoms with E-state index in [-0.39, 0.29) is 9.79 Å². The second kappa shape index (κ2) is 21.3. The molecule has 4 aromatic carbocycles. The number of aromatic nitrogens is 2. The molecule has 2 aliphatic heterocycles. The minimum absolute atomic E-state index is 0.201. The van der Waals surface area contributed by atoms with E-state index in [2.05, 4.69) is 53.8 Å². The van der Waals surface area contributed by atoms with Crippen LogP contribution in [0.25, 0.3) is 33.0 Å². The van der Waals surface area contributed by atoms with Gasteiger partial charge in [-0.1, -0.05) is 64.6 Å². The van der Waals surface area contributed by atoms with Gasteiger partial charge in [0.25, 0.3) is 0 Å². The highest BCUT2D eigenvalue weighted by Crippen LogP contribution is 2.32. The Hall–Kier alpha value is -3.66. The van der Waals surface area contributed by atoms with Crippen LogP contribution >= 0.6 is 46.4 Å². The first-order chi connectivity index (χ1) is 29.8. The molecule has 8 rings (SSSR count). The zero-order chi connectivity index (χ0) is 43.7. The van der Waals surface area contributed by atoms with Crippen molar-refractivity contribution >= 4 is 99.4 Å². The van der Waals surface area contributed by atoms with Crippen molar-refractivity contribution in [3.05, 3.63) is 141 Å². The first-order valence-corrected chi connectivity index (χ1v) is 25.2. The van der Waals surface area contributed by atoms with Crippen LogP contribution in [0.2, 0.25) is 20.1 Å². The van der Waals surface area contributed by atoms with Crippen molar-refractivity contribution in [2.24, 2.45) is 0 Å². The van der Waals surface area contributed by atoms with Crippen LogP contribution in [-0.2, 0) is 20.0 Å². The molecule has 16 heteroatoms. The predicted molar refractivity (Wildman–Crippen MR) is 256 cm³/mol. The Morgan fingerprint density at radius 3 is 1.47 bits per heavy atom. The summed E-state index contributed by atoms with van der Waals surface area (Å²) in [5, 5.41) is 4.76. The summed E-state index contributed by atoms with van der Waals surface area (Å²) >= 11 is 24.1. The first-order valence-electron chi connectivity index (χ1n) is 20.7. The molecule has 0 fully saturated rings. The van der Waals surface area contributed by atoms with Gasteiger partial charge < -0.3 is 9.97 Å². The highest BCUT2D eigenvalue weighted by molar-refractivity contribution is 7.89. The number of rotatable bonds is 16. The molecule has 2 aromatic heterocycles. The van der Waals surface area contributed by atoms with Crippen LogP contribution in [0.4, 0.5) is 0 Å². The SMILES string of the molecule is O=S(=O)(NCCCCN1CC=C(c2c[nH]c3ccc(Cl)cc23)CC1)c1ccc(Cl)cc1.O=S(=O)(NCCCCN1CC=C(c2c[nH]c3ccc(Cl)cc23)CC1)c1cccc(Cl)c1. The Balaban J connectivity index is 0.000000186. The van der Waals surface area contributed by atoms with Gasteiger partial charge in [-0.05, 0) is 142 Å². The highest BCUT2D eigenvalue weighted by atomic mass is 35.5. The number of nitrogens with zero attached hydrogens (tertiary/aromatic N) is 2. The Kier molecular flexibility index (Phi) is 16.0. The molecule has 10 nitrogen and oxygen atoms in total. The third-order valence-electron chi connectivity index (χ3n) is 11.2. The first kappa shape index (κ1) is 46.3. The van der Waals surface area contributed by atoms with Crippen molar-refractivity contribution in [1.82, 2.24) is 29.2 Å². The Bertz CT molecular complexity index is 2770. The average Bonchev–Trinajstić information content (AvgIpc) is 3.88. The standard InChI is InChI=1S/2C23H25Cl2N3O2S/c24-18-3-6-20(7-4-18)31(29,30)27-11-1-2-12-28-13-9-17(10-14-28)22-16-26-23-8-5-19(25)15-21(22)23;24-18-4-3-5-20(14-18)31(29,30)27-10-1-2-11-28-12-8-17(9-13-28)22-16-26-23-7-6-19(25)15-21(22)23/h3-9,15-16,26-27H,1-2,10-14H2;3-8,14-16,26-27H,1-2,9-13H2. The normalized spacial score (nSPS) is 15.4. The summed E-state index contributed by atoms with van der Waals surface area (Å²) < 4.78 is 54.5. The molecule has 0 amide bonds. The molecule has 0 unspecified atom stereocenters. The lowest BCUT2D eigenvalue weighted by Gasteiger charge is -2.26.